The number of pyridine rings is 1. The number of nitrogens with zero attached hydrogens (tertiary/aromatic N) is 2. The largest absolute Gasteiger partial charge is 0.478 e. The number of aromatic nitrogens is 1. The monoisotopic (exact) mass is 481 g/mol. The first-order chi connectivity index (χ1) is 14.9. The van der Waals surface area contributed by atoms with Gasteiger partial charge in [0.2, 0.25) is 10.0 Å². The number of amides is 1. The van der Waals surface area contributed by atoms with E-state index in [9.17, 15) is 21.6 Å². The van der Waals surface area contributed by atoms with Crippen molar-refractivity contribution in [3.05, 3.63) is 48.8 Å². The topological polar surface area (TPSA) is 123 Å². The maximum Gasteiger partial charge on any atom is 0.263 e. The molecule has 0 radical (unpaired) electrons. The van der Waals surface area contributed by atoms with Crippen molar-refractivity contribution in [1.82, 2.24) is 14.6 Å². The molecule has 1 aliphatic heterocycles. The molecular formula is C21H27N3O6S2. The van der Waals surface area contributed by atoms with Crippen LogP contribution >= 0.6 is 0 Å². The van der Waals surface area contributed by atoms with Crippen LogP contribution in [0.15, 0.2) is 58.6 Å². The number of sulfone groups is 1. The smallest absolute Gasteiger partial charge is 0.263 e. The standard InChI is InChI=1S/C21H27N3O6S2/c1-21(2,30-17-6-8-18(9-7-17)31(3,26)27)20(25)23-16-10-13-24(14-11-16)32(28,29)19-5-4-12-22-15-19/h4-9,12,15-16H,10-11,13-14H2,1-3H3,(H,23,25). The molecule has 0 saturated carbocycles. The first kappa shape index (κ1) is 24.1. The third kappa shape index (κ3) is 5.64. The van der Waals surface area contributed by atoms with Crippen LogP contribution in [0.3, 0.4) is 0 Å². The molecule has 1 saturated heterocycles. The Kier molecular flexibility index (Phi) is 6.91. The Morgan fingerprint density at radius 3 is 2.22 bits per heavy atom. The van der Waals surface area contributed by atoms with Crippen molar-refractivity contribution in [2.75, 3.05) is 19.3 Å². The van der Waals surface area contributed by atoms with Gasteiger partial charge >= 0.3 is 0 Å². The van der Waals surface area contributed by atoms with Crippen LogP contribution in [-0.2, 0) is 24.7 Å². The fourth-order valence-corrected chi connectivity index (χ4v) is 5.41. The van der Waals surface area contributed by atoms with E-state index < -0.39 is 25.5 Å². The van der Waals surface area contributed by atoms with Gasteiger partial charge in [0.05, 0.1) is 4.90 Å². The molecule has 1 aromatic heterocycles. The van der Waals surface area contributed by atoms with E-state index in [0.29, 0.717) is 18.6 Å². The van der Waals surface area contributed by atoms with Crippen LogP contribution in [0.1, 0.15) is 26.7 Å². The number of rotatable bonds is 7. The number of sulfonamides is 1. The molecule has 2 heterocycles. The van der Waals surface area contributed by atoms with E-state index in [1.165, 1.54) is 47.0 Å². The molecule has 11 heteroatoms. The Morgan fingerprint density at radius 1 is 1.06 bits per heavy atom. The average molecular weight is 482 g/mol. The first-order valence-corrected chi connectivity index (χ1v) is 13.4. The van der Waals surface area contributed by atoms with E-state index in [4.69, 9.17) is 4.74 Å². The van der Waals surface area contributed by atoms with E-state index in [1.807, 2.05) is 0 Å². The van der Waals surface area contributed by atoms with Gasteiger partial charge in [0, 0.05) is 37.8 Å². The van der Waals surface area contributed by atoms with Crippen molar-refractivity contribution in [2.45, 2.75) is 48.1 Å². The number of nitrogens with one attached hydrogen (secondary N) is 1. The zero-order valence-electron chi connectivity index (χ0n) is 18.2. The van der Waals surface area contributed by atoms with Crippen molar-refractivity contribution >= 4 is 25.8 Å². The second-order valence-electron chi connectivity index (χ2n) is 8.20. The summed E-state index contributed by atoms with van der Waals surface area (Å²) in [4.78, 5) is 17.0. The third-order valence-corrected chi connectivity index (χ3v) is 8.24. The highest BCUT2D eigenvalue weighted by atomic mass is 32.2. The molecule has 1 fully saturated rings. The Balaban J connectivity index is 1.57. The van der Waals surface area contributed by atoms with Gasteiger partial charge in [-0.2, -0.15) is 4.31 Å². The lowest BCUT2D eigenvalue weighted by atomic mass is 10.0. The van der Waals surface area contributed by atoms with Gasteiger partial charge in [-0.15, -0.1) is 0 Å². The Morgan fingerprint density at radius 2 is 1.69 bits per heavy atom. The molecule has 2 aromatic rings. The molecule has 1 aliphatic rings. The second-order valence-corrected chi connectivity index (χ2v) is 12.2. The van der Waals surface area contributed by atoms with Crippen molar-refractivity contribution in [1.29, 1.82) is 0 Å². The minimum absolute atomic E-state index is 0.152. The third-order valence-electron chi connectivity index (χ3n) is 5.23. The van der Waals surface area contributed by atoms with Crippen LogP contribution in [0.5, 0.6) is 5.75 Å². The summed E-state index contributed by atoms with van der Waals surface area (Å²) in [7, 11) is -6.92. The molecular weight excluding hydrogens is 454 g/mol. The minimum Gasteiger partial charge on any atom is -0.478 e. The molecule has 174 valence electrons. The van der Waals surface area contributed by atoms with Gasteiger partial charge in [0.15, 0.2) is 15.4 Å². The summed E-state index contributed by atoms with van der Waals surface area (Å²) in [5, 5.41) is 2.93. The summed E-state index contributed by atoms with van der Waals surface area (Å²) in [6, 6.07) is 8.78. The van der Waals surface area contributed by atoms with Gasteiger partial charge in [-0.05, 0) is 63.1 Å². The minimum atomic E-state index is -3.61. The molecule has 1 N–H and O–H groups in total. The summed E-state index contributed by atoms with van der Waals surface area (Å²) < 4.78 is 55.7. The number of benzene rings is 1. The number of piperidine rings is 1. The fourth-order valence-electron chi connectivity index (χ4n) is 3.34. The molecule has 1 aromatic carbocycles. The number of carbonyl (C=O) groups excluding carboxylic acids is 1. The molecule has 9 nitrogen and oxygen atoms in total. The van der Waals surface area contributed by atoms with Crippen molar-refractivity contribution in [3.63, 3.8) is 0 Å². The van der Waals surface area contributed by atoms with Gasteiger partial charge < -0.3 is 10.1 Å². The van der Waals surface area contributed by atoms with E-state index >= 15 is 0 Å². The number of hydrogen-bond donors (Lipinski definition) is 1. The molecule has 1 amide bonds. The number of ether oxygens (including phenoxy) is 1. The van der Waals surface area contributed by atoms with E-state index in [-0.39, 0.29) is 34.8 Å². The maximum atomic E-state index is 12.8. The molecule has 0 atom stereocenters. The van der Waals surface area contributed by atoms with Gasteiger partial charge in [-0.25, -0.2) is 16.8 Å². The van der Waals surface area contributed by atoms with E-state index in [0.717, 1.165) is 6.26 Å². The Hall–Kier alpha value is -2.50. The summed E-state index contributed by atoms with van der Waals surface area (Å²) >= 11 is 0. The lowest BCUT2D eigenvalue weighted by Crippen LogP contribution is -2.53. The second kappa shape index (κ2) is 9.16. The summed E-state index contributed by atoms with van der Waals surface area (Å²) in [5.41, 5.74) is -1.20. The Bertz CT molecular complexity index is 1160. The summed E-state index contributed by atoms with van der Waals surface area (Å²) in [6.45, 7) is 3.82. The number of hydrogen-bond acceptors (Lipinski definition) is 7. The summed E-state index contributed by atoms with van der Waals surface area (Å²) in [6.07, 6.45) is 4.92. The van der Waals surface area contributed by atoms with Crippen molar-refractivity contribution in [3.8, 4) is 5.75 Å². The SMILES string of the molecule is CC(C)(Oc1ccc(S(C)(=O)=O)cc1)C(=O)NC1CCN(S(=O)(=O)c2cccnc2)CC1. The first-order valence-electron chi connectivity index (χ1n) is 10.1. The molecule has 32 heavy (non-hydrogen) atoms. The molecule has 0 aliphatic carbocycles. The molecule has 0 bridgehead atoms. The van der Waals surface area contributed by atoms with Crippen LogP contribution in [0.2, 0.25) is 0 Å². The molecule has 0 spiro atoms. The molecule has 3 rings (SSSR count). The van der Waals surface area contributed by atoms with Crippen LogP contribution < -0.4 is 10.1 Å². The van der Waals surface area contributed by atoms with Crippen LogP contribution in [0.4, 0.5) is 0 Å². The lowest BCUT2D eigenvalue weighted by molar-refractivity contribution is -0.135. The predicted octanol–water partition coefficient (Wildman–Crippen LogP) is 1.61. The Labute approximate surface area is 188 Å². The highest BCUT2D eigenvalue weighted by molar-refractivity contribution is 7.90. The summed E-state index contributed by atoms with van der Waals surface area (Å²) in [5.74, 6) is 0.0354. The maximum absolute atomic E-state index is 12.8. The lowest BCUT2D eigenvalue weighted by Gasteiger charge is -2.33. The van der Waals surface area contributed by atoms with Crippen LogP contribution in [0.25, 0.3) is 0 Å². The number of carbonyl (C=O) groups is 1. The highest BCUT2D eigenvalue weighted by Crippen LogP contribution is 2.23. The zero-order valence-corrected chi connectivity index (χ0v) is 19.8. The van der Waals surface area contributed by atoms with Gasteiger partial charge in [0.1, 0.15) is 10.6 Å². The van der Waals surface area contributed by atoms with Gasteiger partial charge in [-0.3, -0.25) is 9.78 Å². The van der Waals surface area contributed by atoms with Crippen LogP contribution in [0, 0.1) is 0 Å². The van der Waals surface area contributed by atoms with Gasteiger partial charge in [-0.1, -0.05) is 0 Å². The van der Waals surface area contributed by atoms with Crippen molar-refractivity contribution in [2.24, 2.45) is 0 Å². The predicted molar refractivity (Wildman–Crippen MR) is 118 cm³/mol. The van der Waals surface area contributed by atoms with Crippen LogP contribution in [-0.4, -0.2) is 63.0 Å². The highest BCUT2D eigenvalue weighted by Gasteiger charge is 2.34. The quantitative estimate of drug-likeness (QED) is 0.637. The fraction of sp³-hybridized carbons (Fsp3) is 0.429. The van der Waals surface area contributed by atoms with E-state index in [2.05, 4.69) is 10.3 Å². The molecule has 0 unspecified atom stereocenters. The van der Waals surface area contributed by atoms with E-state index in [1.54, 1.807) is 19.9 Å². The normalized spacial score (nSPS) is 16.5. The average Bonchev–Trinajstić information content (AvgIpc) is 2.74. The zero-order chi connectivity index (χ0) is 23.6. The van der Waals surface area contributed by atoms with Crippen molar-refractivity contribution < 1.29 is 26.4 Å². The van der Waals surface area contributed by atoms with Gasteiger partial charge in [0.25, 0.3) is 5.91 Å².